The largest absolute Gasteiger partial charge is 0.496 e. The van der Waals surface area contributed by atoms with Gasteiger partial charge in [0.1, 0.15) is 11.5 Å². The molecule has 2 heterocycles. The minimum Gasteiger partial charge on any atom is -0.496 e. The van der Waals surface area contributed by atoms with Crippen LogP contribution in [0.5, 0.6) is 5.75 Å². The van der Waals surface area contributed by atoms with E-state index in [1.165, 1.54) is 0 Å². The third kappa shape index (κ3) is 2.67. The first-order chi connectivity index (χ1) is 11.7. The lowest BCUT2D eigenvalue weighted by Crippen LogP contribution is -1.94. The summed E-state index contributed by atoms with van der Waals surface area (Å²) in [6, 6.07) is 11.6. The smallest absolute Gasteiger partial charge is 0.177 e. The number of furan rings is 1. The van der Waals surface area contributed by atoms with E-state index in [1.807, 2.05) is 67.1 Å². The summed E-state index contributed by atoms with van der Waals surface area (Å²) in [6.07, 6.45) is 5.75. The molecule has 0 saturated heterocycles. The van der Waals surface area contributed by atoms with Crippen molar-refractivity contribution in [3.8, 4) is 28.7 Å². The molecule has 0 aliphatic carbocycles. The van der Waals surface area contributed by atoms with E-state index in [2.05, 4.69) is 11.6 Å². The van der Waals surface area contributed by atoms with Gasteiger partial charge in [-0.05, 0) is 43.3 Å². The van der Waals surface area contributed by atoms with Crippen molar-refractivity contribution in [1.29, 1.82) is 0 Å². The summed E-state index contributed by atoms with van der Waals surface area (Å²) in [7, 11) is 3.62. The second kappa shape index (κ2) is 6.62. The molecule has 0 aliphatic heterocycles. The van der Waals surface area contributed by atoms with Gasteiger partial charge in [-0.15, -0.1) is 0 Å². The fourth-order valence-corrected chi connectivity index (χ4v) is 2.71. The fraction of sp³-hybridized carbons (Fsp3) is 0.150. The van der Waals surface area contributed by atoms with Crippen molar-refractivity contribution in [1.82, 2.24) is 9.55 Å². The summed E-state index contributed by atoms with van der Waals surface area (Å²) in [5.74, 6) is 2.99. The van der Waals surface area contributed by atoms with Crippen LogP contribution in [0.4, 0.5) is 0 Å². The molecule has 3 rings (SSSR count). The standard InChI is InChI=1S/C20H20N2O2/c1-5-9-16-15(6-2)21-20(22(16)3)19-13-12-18(24-19)14-10-7-8-11-17(14)23-4/h5-13H,2H2,1,3-4H3/b9-5-. The lowest BCUT2D eigenvalue weighted by Gasteiger charge is -2.05. The number of methoxy groups -OCH3 is 1. The Morgan fingerprint density at radius 2 is 1.92 bits per heavy atom. The fourth-order valence-electron chi connectivity index (χ4n) is 2.71. The molecular formula is C20H20N2O2. The van der Waals surface area contributed by atoms with E-state index < -0.39 is 0 Å². The van der Waals surface area contributed by atoms with Gasteiger partial charge in [0.25, 0.3) is 0 Å². The predicted molar refractivity (Wildman–Crippen MR) is 97.7 cm³/mol. The van der Waals surface area contributed by atoms with Gasteiger partial charge in [0.05, 0.1) is 24.1 Å². The van der Waals surface area contributed by atoms with Gasteiger partial charge in [-0.25, -0.2) is 4.98 Å². The average Bonchev–Trinajstić information content (AvgIpc) is 3.21. The second-order valence-corrected chi connectivity index (χ2v) is 5.33. The van der Waals surface area contributed by atoms with Gasteiger partial charge in [-0.3, -0.25) is 0 Å². The van der Waals surface area contributed by atoms with E-state index in [0.717, 1.165) is 34.3 Å². The maximum Gasteiger partial charge on any atom is 0.177 e. The Bertz CT molecular complexity index is 900. The topological polar surface area (TPSA) is 40.2 Å². The number of hydrogen-bond donors (Lipinski definition) is 0. The molecule has 0 radical (unpaired) electrons. The SMILES string of the molecule is C=Cc1nc(-c2ccc(-c3ccccc3OC)o2)n(C)c1/C=C\C. The van der Waals surface area contributed by atoms with Gasteiger partial charge >= 0.3 is 0 Å². The number of aromatic nitrogens is 2. The van der Waals surface area contributed by atoms with Crippen molar-refractivity contribution in [2.45, 2.75) is 6.92 Å². The normalized spacial score (nSPS) is 11.1. The number of ether oxygens (including phenoxy) is 1. The van der Waals surface area contributed by atoms with Crippen LogP contribution < -0.4 is 4.74 Å². The summed E-state index contributed by atoms with van der Waals surface area (Å²) in [4.78, 5) is 4.64. The van der Waals surface area contributed by atoms with Gasteiger partial charge in [-0.2, -0.15) is 0 Å². The first-order valence-electron chi connectivity index (χ1n) is 7.75. The van der Waals surface area contributed by atoms with Gasteiger partial charge in [0, 0.05) is 7.05 Å². The number of benzene rings is 1. The Morgan fingerprint density at radius 1 is 1.17 bits per heavy atom. The maximum atomic E-state index is 6.05. The first-order valence-corrected chi connectivity index (χ1v) is 7.75. The van der Waals surface area contributed by atoms with Crippen molar-refractivity contribution in [3.63, 3.8) is 0 Å². The van der Waals surface area contributed by atoms with Crippen LogP contribution >= 0.6 is 0 Å². The van der Waals surface area contributed by atoms with E-state index in [9.17, 15) is 0 Å². The molecule has 0 spiro atoms. The molecular weight excluding hydrogens is 300 g/mol. The Hall–Kier alpha value is -3.01. The number of imidazole rings is 1. The molecule has 0 aliphatic rings. The summed E-state index contributed by atoms with van der Waals surface area (Å²) in [6.45, 7) is 5.82. The summed E-state index contributed by atoms with van der Waals surface area (Å²) < 4.78 is 13.5. The first kappa shape index (κ1) is 15.9. The molecule has 1 aromatic carbocycles. The molecule has 4 nitrogen and oxygen atoms in total. The molecule has 24 heavy (non-hydrogen) atoms. The molecule has 0 atom stereocenters. The highest BCUT2D eigenvalue weighted by molar-refractivity contribution is 5.69. The third-order valence-electron chi connectivity index (χ3n) is 3.88. The molecule has 4 heteroatoms. The second-order valence-electron chi connectivity index (χ2n) is 5.33. The zero-order valence-electron chi connectivity index (χ0n) is 14.1. The molecule has 0 fully saturated rings. The Kier molecular flexibility index (Phi) is 4.38. The van der Waals surface area contributed by atoms with Crippen LogP contribution in [0.1, 0.15) is 18.3 Å². The van der Waals surface area contributed by atoms with E-state index >= 15 is 0 Å². The number of hydrogen-bond acceptors (Lipinski definition) is 3. The van der Waals surface area contributed by atoms with Crippen LogP contribution in [0.25, 0.3) is 35.1 Å². The molecule has 122 valence electrons. The Labute approximate surface area is 141 Å². The van der Waals surface area contributed by atoms with Gasteiger partial charge in [-0.1, -0.05) is 24.8 Å². The van der Waals surface area contributed by atoms with Crippen molar-refractivity contribution in [3.05, 3.63) is 60.4 Å². The van der Waals surface area contributed by atoms with Crippen molar-refractivity contribution >= 4 is 12.2 Å². The highest BCUT2D eigenvalue weighted by atomic mass is 16.5. The minimum absolute atomic E-state index is 0.706. The van der Waals surface area contributed by atoms with E-state index in [4.69, 9.17) is 9.15 Å². The summed E-state index contributed by atoms with van der Waals surface area (Å²) >= 11 is 0. The maximum absolute atomic E-state index is 6.05. The van der Waals surface area contributed by atoms with Gasteiger partial charge in [0.15, 0.2) is 11.6 Å². The Morgan fingerprint density at radius 3 is 2.62 bits per heavy atom. The van der Waals surface area contributed by atoms with Crippen LogP contribution in [0, 0.1) is 0 Å². The monoisotopic (exact) mass is 320 g/mol. The average molecular weight is 320 g/mol. The number of rotatable bonds is 5. The minimum atomic E-state index is 0.706. The molecule has 0 bridgehead atoms. The molecule has 0 unspecified atom stereocenters. The Balaban J connectivity index is 2.07. The summed E-state index contributed by atoms with van der Waals surface area (Å²) in [5, 5.41) is 0. The van der Waals surface area contributed by atoms with E-state index in [0.29, 0.717) is 5.76 Å². The molecule has 3 aromatic rings. The van der Waals surface area contributed by atoms with Crippen molar-refractivity contribution < 1.29 is 9.15 Å². The van der Waals surface area contributed by atoms with Gasteiger partial charge in [0.2, 0.25) is 0 Å². The number of nitrogens with zero attached hydrogens (tertiary/aromatic N) is 2. The zero-order chi connectivity index (χ0) is 17.1. The van der Waals surface area contributed by atoms with Gasteiger partial charge < -0.3 is 13.7 Å². The number of para-hydroxylation sites is 1. The van der Waals surface area contributed by atoms with E-state index in [-0.39, 0.29) is 0 Å². The zero-order valence-corrected chi connectivity index (χ0v) is 14.1. The van der Waals surface area contributed by atoms with Crippen LogP contribution in [-0.4, -0.2) is 16.7 Å². The van der Waals surface area contributed by atoms with E-state index in [1.54, 1.807) is 13.2 Å². The third-order valence-corrected chi connectivity index (χ3v) is 3.88. The predicted octanol–water partition coefficient (Wildman–Crippen LogP) is 5.03. The van der Waals surface area contributed by atoms with Crippen molar-refractivity contribution in [2.24, 2.45) is 7.05 Å². The van der Waals surface area contributed by atoms with Crippen LogP contribution in [0.2, 0.25) is 0 Å². The lowest BCUT2D eigenvalue weighted by molar-refractivity contribution is 0.415. The quantitative estimate of drug-likeness (QED) is 0.662. The van der Waals surface area contributed by atoms with Crippen LogP contribution in [0.15, 0.2) is 53.5 Å². The molecule has 0 N–H and O–H groups in total. The number of allylic oxidation sites excluding steroid dienone is 1. The molecule has 0 amide bonds. The highest BCUT2D eigenvalue weighted by Crippen LogP contribution is 2.34. The highest BCUT2D eigenvalue weighted by Gasteiger charge is 2.17. The lowest BCUT2D eigenvalue weighted by atomic mass is 10.1. The summed E-state index contributed by atoms with van der Waals surface area (Å²) in [5.41, 5.74) is 2.75. The van der Waals surface area contributed by atoms with Crippen molar-refractivity contribution in [2.75, 3.05) is 7.11 Å². The van der Waals surface area contributed by atoms with Crippen LogP contribution in [0.3, 0.4) is 0 Å². The van der Waals surface area contributed by atoms with Crippen LogP contribution in [-0.2, 0) is 7.05 Å². The molecule has 2 aromatic heterocycles. The molecule has 0 saturated carbocycles.